The Morgan fingerprint density at radius 2 is 1.94 bits per heavy atom. The van der Waals surface area contributed by atoms with Crippen LogP contribution in [0.1, 0.15) is 25.7 Å². The van der Waals surface area contributed by atoms with Crippen LogP contribution in [0.5, 0.6) is 5.75 Å². The molecule has 1 aromatic carbocycles. The third-order valence-corrected chi connectivity index (χ3v) is 4.13. The molecule has 0 heterocycles. The lowest BCUT2D eigenvalue weighted by Gasteiger charge is -2.13. The molecule has 0 radical (unpaired) electrons. The highest BCUT2D eigenvalue weighted by Crippen LogP contribution is 2.28. The molecule has 1 aromatic rings. The summed E-state index contributed by atoms with van der Waals surface area (Å²) >= 11 is 0. The third kappa shape index (κ3) is 3.10. The van der Waals surface area contributed by atoms with Gasteiger partial charge in [-0.2, -0.15) is 0 Å². The Labute approximate surface area is 104 Å². The maximum absolute atomic E-state index is 13.6. The lowest BCUT2D eigenvalue weighted by Crippen LogP contribution is -2.12. The molecule has 0 atom stereocenters. The number of hydrogen-bond acceptors (Lipinski definition) is 3. The first-order valence-corrected chi connectivity index (χ1v) is 7.68. The summed E-state index contributed by atoms with van der Waals surface area (Å²) in [6, 6.07) is 3.44. The fourth-order valence-electron chi connectivity index (χ4n) is 1.91. The second kappa shape index (κ2) is 4.82. The topological polar surface area (TPSA) is 43.4 Å². The summed E-state index contributed by atoms with van der Waals surface area (Å²) < 4.78 is 41.0. The highest BCUT2D eigenvalue weighted by molar-refractivity contribution is 8.13. The van der Waals surface area contributed by atoms with E-state index in [-0.39, 0.29) is 16.7 Å². The van der Waals surface area contributed by atoms with E-state index in [1.54, 1.807) is 0 Å². The van der Waals surface area contributed by atoms with Crippen molar-refractivity contribution < 1.29 is 17.5 Å². The summed E-state index contributed by atoms with van der Waals surface area (Å²) in [6.45, 7) is 0. The SMILES string of the molecule is O=S(=O)(Cl)c1ccc(OC2CCCC2)c(F)c1. The summed E-state index contributed by atoms with van der Waals surface area (Å²) in [5, 5.41) is 0. The second-order valence-corrected chi connectivity index (χ2v) is 6.62. The molecular formula is C11H12ClFO3S. The van der Waals surface area contributed by atoms with Gasteiger partial charge in [0.2, 0.25) is 0 Å². The molecule has 17 heavy (non-hydrogen) atoms. The van der Waals surface area contributed by atoms with Crippen LogP contribution in [-0.2, 0) is 9.05 Å². The molecular weight excluding hydrogens is 267 g/mol. The van der Waals surface area contributed by atoms with E-state index in [0.29, 0.717) is 0 Å². The van der Waals surface area contributed by atoms with Crippen molar-refractivity contribution in [3.63, 3.8) is 0 Å². The van der Waals surface area contributed by atoms with E-state index in [4.69, 9.17) is 15.4 Å². The van der Waals surface area contributed by atoms with Gasteiger partial charge in [-0.1, -0.05) is 0 Å². The molecule has 0 aliphatic heterocycles. The van der Waals surface area contributed by atoms with Gasteiger partial charge in [0.15, 0.2) is 11.6 Å². The van der Waals surface area contributed by atoms with Crippen LogP contribution in [0.2, 0.25) is 0 Å². The minimum Gasteiger partial charge on any atom is -0.487 e. The van der Waals surface area contributed by atoms with Crippen molar-refractivity contribution in [3.05, 3.63) is 24.0 Å². The second-order valence-electron chi connectivity index (χ2n) is 4.05. The zero-order valence-corrected chi connectivity index (χ0v) is 10.6. The van der Waals surface area contributed by atoms with Crippen molar-refractivity contribution in [3.8, 4) is 5.75 Å². The molecule has 6 heteroatoms. The molecule has 0 amide bonds. The molecule has 1 aliphatic carbocycles. The first-order valence-electron chi connectivity index (χ1n) is 5.38. The number of benzene rings is 1. The predicted molar refractivity (Wildman–Crippen MR) is 62.3 cm³/mol. The van der Waals surface area contributed by atoms with Crippen LogP contribution in [0.4, 0.5) is 4.39 Å². The predicted octanol–water partition coefficient (Wildman–Crippen LogP) is 3.07. The smallest absolute Gasteiger partial charge is 0.261 e. The summed E-state index contributed by atoms with van der Waals surface area (Å²) in [4.78, 5) is -0.254. The highest BCUT2D eigenvalue weighted by Gasteiger charge is 2.19. The number of halogens is 2. The van der Waals surface area contributed by atoms with Gasteiger partial charge in [0.05, 0.1) is 11.0 Å². The average molecular weight is 279 g/mol. The summed E-state index contributed by atoms with van der Waals surface area (Å²) in [5.41, 5.74) is 0. The van der Waals surface area contributed by atoms with Crippen molar-refractivity contribution in [1.29, 1.82) is 0 Å². The third-order valence-electron chi connectivity index (χ3n) is 2.78. The maximum atomic E-state index is 13.6. The minimum atomic E-state index is -3.89. The molecule has 3 nitrogen and oxygen atoms in total. The van der Waals surface area contributed by atoms with Crippen LogP contribution in [-0.4, -0.2) is 14.5 Å². The van der Waals surface area contributed by atoms with Gasteiger partial charge in [-0.05, 0) is 43.9 Å². The highest BCUT2D eigenvalue weighted by atomic mass is 35.7. The molecule has 0 spiro atoms. The normalized spacial score (nSPS) is 17.3. The maximum Gasteiger partial charge on any atom is 0.261 e. The molecule has 0 unspecified atom stereocenters. The molecule has 0 saturated heterocycles. The molecule has 0 aromatic heterocycles. The van der Waals surface area contributed by atoms with E-state index in [9.17, 15) is 12.8 Å². The summed E-state index contributed by atoms with van der Waals surface area (Å²) in [6.07, 6.45) is 4.02. The van der Waals surface area contributed by atoms with Crippen molar-refractivity contribution in [2.45, 2.75) is 36.7 Å². The van der Waals surface area contributed by atoms with Gasteiger partial charge in [-0.15, -0.1) is 0 Å². The largest absolute Gasteiger partial charge is 0.487 e. The van der Waals surface area contributed by atoms with E-state index < -0.39 is 14.9 Å². The molecule has 94 valence electrons. The monoisotopic (exact) mass is 278 g/mol. The van der Waals surface area contributed by atoms with E-state index >= 15 is 0 Å². The van der Waals surface area contributed by atoms with Crippen LogP contribution in [0.15, 0.2) is 23.1 Å². The fraction of sp³-hybridized carbons (Fsp3) is 0.455. The molecule has 1 aliphatic rings. The number of rotatable bonds is 3. The van der Waals surface area contributed by atoms with Gasteiger partial charge in [-0.25, -0.2) is 12.8 Å². The first kappa shape index (κ1) is 12.6. The Morgan fingerprint density at radius 3 is 2.47 bits per heavy atom. The Kier molecular flexibility index (Phi) is 3.58. The first-order chi connectivity index (χ1) is 7.97. The molecule has 1 fully saturated rings. The van der Waals surface area contributed by atoms with Crippen molar-refractivity contribution in [2.75, 3.05) is 0 Å². The molecule has 1 saturated carbocycles. The van der Waals surface area contributed by atoms with Crippen LogP contribution >= 0.6 is 10.7 Å². The van der Waals surface area contributed by atoms with Gasteiger partial charge >= 0.3 is 0 Å². The van der Waals surface area contributed by atoms with E-state index in [1.165, 1.54) is 12.1 Å². The van der Waals surface area contributed by atoms with Crippen molar-refractivity contribution in [2.24, 2.45) is 0 Å². The Hall–Kier alpha value is -0.810. The Bertz CT molecular complexity index is 509. The van der Waals surface area contributed by atoms with Gasteiger partial charge in [0.25, 0.3) is 9.05 Å². The van der Waals surface area contributed by atoms with E-state index in [2.05, 4.69) is 0 Å². The van der Waals surface area contributed by atoms with Crippen LogP contribution in [0.25, 0.3) is 0 Å². The Balaban J connectivity index is 2.19. The van der Waals surface area contributed by atoms with Gasteiger partial charge < -0.3 is 4.74 Å². The van der Waals surface area contributed by atoms with E-state index in [1.807, 2.05) is 0 Å². The molecule has 0 N–H and O–H groups in total. The van der Waals surface area contributed by atoms with Gasteiger partial charge in [0.1, 0.15) is 0 Å². The number of ether oxygens (including phenoxy) is 1. The zero-order chi connectivity index (χ0) is 12.5. The van der Waals surface area contributed by atoms with Crippen LogP contribution in [0, 0.1) is 5.82 Å². The van der Waals surface area contributed by atoms with Crippen molar-refractivity contribution >= 4 is 19.7 Å². The van der Waals surface area contributed by atoms with Crippen LogP contribution in [0.3, 0.4) is 0 Å². The Morgan fingerprint density at radius 1 is 1.29 bits per heavy atom. The number of hydrogen-bond donors (Lipinski definition) is 0. The van der Waals surface area contributed by atoms with Crippen LogP contribution < -0.4 is 4.74 Å². The molecule has 0 bridgehead atoms. The lowest BCUT2D eigenvalue weighted by molar-refractivity contribution is 0.200. The van der Waals surface area contributed by atoms with E-state index in [0.717, 1.165) is 31.7 Å². The molecule has 2 rings (SSSR count). The summed E-state index contributed by atoms with van der Waals surface area (Å²) in [5.74, 6) is -0.611. The fourth-order valence-corrected chi connectivity index (χ4v) is 2.68. The minimum absolute atomic E-state index is 0.0305. The van der Waals surface area contributed by atoms with Crippen molar-refractivity contribution in [1.82, 2.24) is 0 Å². The average Bonchev–Trinajstić information content (AvgIpc) is 2.72. The zero-order valence-electron chi connectivity index (χ0n) is 9.03. The summed E-state index contributed by atoms with van der Waals surface area (Å²) in [7, 11) is 1.23. The quantitative estimate of drug-likeness (QED) is 0.798. The lowest BCUT2D eigenvalue weighted by atomic mass is 10.3. The van der Waals surface area contributed by atoms with Gasteiger partial charge in [0, 0.05) is 10.7 Å². The standard InChI is InChI=1S/C11H12ClFO3S/c12-17(14,15)9-5-6-11(10(13)7-9)16-8-3-1-2-4-8/h5-8H,1-4H2. The van der Waals surface area contributed by atoms with Gasteiger partial charge in [-0.3, -0.25) is 0 Å².